The first kappa shape index (κ1) is 9.51. The molecule has 3 heteroatoms. The van der Waals surface area contributed by atoms with Gasteiger partial charge in [-0.1, -0.05) is 19.3 Å². The second-order valence-electron chi connectivity index (χ2n) is 4.52. The minimum atomic E-state index is -0.478. The molecule has 1 amide bonds. The lowest BCUT2D eigenvalue weighted by molar-refractivity contribution is -0.126. The Kier molecular flexibility index (Phi) is 2.45. The first-order valence-electron chi connectivity index (χ1n) is 5.49. The van der Waals surface area contributed by atoms with Crippen LogP contribution in [0.3, 0.4) is 0 Å². The Morgan fingerprint density at radius 1 is 1.29 bits per heavy atom. The molecule has 0 aromatic rings. The largest absolute Gasteiger partial charge is 0.338 e. The van der Waals surface area contributed by atoms with Gasteiger partial charge in [-0.2, -0.15) is 5.26 Å². The van der Waals surface area contributed by atoms with Crippen LogP contribution >= 0.6 is 0 Å². The van der Waals surface area contributed by atoms with Crippen molar-refractivity contribution in [3.8, 4) is 6.07 Å². The van der Waals surface area contributed by atoms with Crippen LogP contribution < -0.4 is 5.32 Å². The van der Waals surface area contributed by atoms with E-state index in [1.54, 1.807) is 0 Å². The third kappa shape index (κ3) is 1.89. The van der Waals surface area contributed by atoms with E-state index < -0.39 is 5.54 Å². The minimum absolute atomic E-state index is 0.115. The quantitative estimate of drug-likeness (QED) is 0.724. The van der Waals surface area contributed by atoms with E-state index >= 15 is 0 Å². The molecule has 2 aliphatic rings. The topological polar surface area (TPSA) is 52.9 Å². The summed E-state index contributed by atoms with van der Waals surface area (Å²) in [5, 5.41) is 11.7. The third-order valence-corrected chi connectivity index (χ3v) is 3.30. The average molecular weight is 192 g/mol. The second kappa shape index (κ2) is 3.61. The molecule has 0 aromatic heterocycles. The maximum Gasteiger partial charge on any atom is 0.224 e. The van der Waals surface area contributed by atoms with Crippen molar-refractivity contribution >= 4 is 5.91 Å². The number of rotatable bonds is 2. The van der Waals surface area contributed by atoms with Crippen LogP contribution in [-0.2, 0) is 4.79 Å². The maximum atomic E-state index is 11.8. The number of hydrogen-bond acceptors (Lipinski definition) is 2. The molecular formula is C11H16N2O. The monoisotopic (exact) mass is 192 g/mol. The number of hydrogen-bond donors (Lipinski definition) is 1. The number of carbonyl (C=O) groups is 1. The van der Waals surface area contributed by atoms with Crippen LogP contribution in [0.4, 0.5) is 0 Å². The molecule has 2 saturated carbocycles. The summed E-state index contributed by atoms with van der Waals surface area (Å²) in [6.07, 6.45) is 7.27. The molecule has 2 aliphatic carbocycles. The zero-order valence-corrected chi connectivity index (χ0v) is 8.38. The van der Waals surface area contributed by atoms with Crippen LogP contribution in [0.5, 0.6) is 0 Å². The molecule has 0 unspecified atom stereocenters. The van der Waals surface area contributed by atoms with E-state index in [0.717, 1.165) is 38.5 Å². The van der Waals surface area contributed by atoms with Crippen LogP contribution in [0, 0.1) is 17.2 Å². The maximum absolute atomic E-state index is 11.8. The van der Waals surface area contributed by atoms with Gasteiger partial charge in [0.25, 0.3) is 0 Å². The molecule has 0 spiro atoms. The molecule has 0 atom stereocenters. The van der Waals surface area contributed by atoms with Crippen LogP contribution in [0.25, 0.3) is 0 Å². The lowest BCUT2D eigenvalue weighted by Crippen LogP contribution is -2.40. The number of amides is 1. The number of nitrogens with zero attached hydrogens (tertiary/aromatic N) is 1. The van der Waals surface area contributed by atoms with Crippen molar-refractivity contribution < 1.29 is 4.79 Å². The Morgan fingerprint density at radius 3 is 2.43 bits per heavy atom. The molecule has 0 aliphatic heterocycles. The fourth-order valence-corrected chi connectivity index (χ4v) is 2.09. The van der Waals surface area contributed by atoms with E-state index in [-0.39, 0.29) is 11.8 Å². The van der Waals surface area contributed by atoms with Crippen molar-refractivity contribution in [2.45, 2.75) is 50.5 Å². The molecule has 3 nitrogen and oxygen atoms in total. The van der Waals surface area contributed by atoms with E-state index in [9.17, 15) is 4.79 Å². The first-order chi connectivity index (χ1) is 6.76. The predicted octanol–water partition coefficient (Wildman–Crippen LogP) is 1.74. The fraction of sp³-hybridized carbons (Fsp3) is 0.818. The lowest BCUT2D eigenvalue weighted by atomic mass is 9.88. The van der Waals surface area contributed by atoms with Gasteiger partial charge in [0.05, 0.1) is 6.07 Å². The molecule has 76 valence electrons. The van der Waals surface area contributed by atoms with Crippen LogP contribution in [-0.4, -0.2) is 11.4 Å². The van der Waals surface area contributed by atoms with E-state index in [0.29, 0.717) is 0 Å². The fourth-order valence-electron chi connectivity index (χ4n) is 2.09. The number of nitrogens with one attached hydrogen (secondary N) is 1. The predicted molar refractivity (Wildman–Crippen MR) is 52.3 cm³/mol. The highest BCUT2D eigenvalue weighted by Crippen LogP contribution is 2.35. The Hall–Kier alpha value is -1.04. The van der Waals surface area contributed by atoms with Crippen molar-refractivity contribution in [2.24, 2.45) is 5.92 Å². The van der Waals surface area contributed by atoms with E-state index in [4.69, 9.17) is 5.26 Å². The van der Waals surface area contributed by atoms with Gasteiger partial charge in [-0.15, -0.1) is 0 Å². The molecule has 1 N–H and O–H groups in total. The summed E-state index contributed by atoms with van der Waals surface area (Å²) >= 11 is 0. The summed E-state index contributed by atoms with van der Waals surface area (Å²) in [5.41, 5.74) is -0.478. The molecule has 0 heterocycles. The van der Waals surface area contributed by atoms with Crippen molar-refractivity contribution in [1.82, 2.24) is 5.32 Å². The molecule has 0 aromatic carbocycles. The summed E-state index contributed by atoms with van der Waals surface area (Å²) < 4.78 is 0. The van der Waals surface area contributed by atoms with Gasteiger partial charge in [0, 0.05) is 5.92 Å². The Morgan fingerprint density at radius 2 is 1.93 bits per heavy atom. The smallest absolute Gasteiger partial charge is 0.224 e. The van der Waals surface area contributed by atoms with Gasteiger partial charge in [-0.3, -0.25) is 4.79 Å². The molecule has 14 heavy (non-hydrogen) atoms. The van der Waals surface area contributed by atoms with Crippen molar-refractivity contribution in [2.75, 3.05) is 0 Å². The summed E-state index contributed by atoms with van der Waals surface area (Å²) in [7, 11) is 0. The molecule has 2 fully saturated rings. The van der Waals surface area contributed by atoms with E-state index in [1.807, 2.05) is 0 Å². The lowest BCUT2D eigenvalue weighted by Gasteiger charge is -2.22. The molecule has 2 rings (SSSR count). The number of carbonyl (C=O) groups excluding carboxylic acids is 1. The molecular weight excluding hydrogens is 176 g/mol. The highest BCUT2D eigenvalue weighted by atomic mass is 16.2. The highest BCUT2D eigenvalue weighted by Gasteiger charge is 2.45. The van der Waals surface area contributed by atoms with Gasteiger partial charge < -0.3 is 5.32 Å². The molecule has 0 bridgehead atoms. The van der Waals surface area contributed by atoms with E-state index in [1.165, 1.54) is 6.42 Å². The zero-order chi connectivity index (χ0) is 10.0. The minimum Gasteiger partial charge on any atom is -0.338 e. The SMILES string of the molecule is N#CC1(NC(=O)C2CCCCC2)CC1. The third-order valence-electron chi connectivity index (χ3n) is 3.30. The van der Waals surface area contributed by atoms with Crippen LogP contribution in [0.2, 0.25) is 0 Å². The van der Waals surface area contributed by atoms with Gasteiger partial charge in [0.1, 0.15) is 5.54 Å². The first-order valence-corrected chi connectivity index (χ1v) is 5.49. The van der Waals surface area contributed by atoms with Crippen molar-refractivity contribution in [3.05, 3.63) is 0 Å². The van der Waals surface area contributed by atoms with Crippen LogP contribution in [0.15, 0.2) is 0 Å². The molecule has 0 radical (unpaired) electrons. The zero-order valence-electron chi connectivity index (χ0n) is 8.38. The Bertz CT molecular complexity index is 270. The normalized spacial score (nSPS) is 25.1. The van der Waals surface area contributed by atoms with E-state index in [2.05, 4.69) is 11.4 Å². The summed E-state index contributed by atoms with van der Waals surface area (Å²) in [4.78, 5) is 11.8. The van der Waals surface area contributed by atoms with Crippen molar-refractivity contribution in [1.29, 1.82) is 5.26 Å². The summed E-state index contributed by atoms with van der Waals surface area (Å²) in [5.74, 6) is 0.290. The number of nitriles is 1. The van der Waals surface area contributed by atoms with Gasteiger partial charge in [-0.05, 0) is 25.7 Å². The average Bonchev–Trinajstić information content (AvgIpc) is 3.00. The Labute approximate surface area is 84.5 Å². The highest BCUT2D eigenvalue weighted by molar-refractivity contribution is 5.80. The summed E-state index contributed by atoms with van der Waals surface area (Å²) in [6.45, 7) is 0. The van der Waals surface area contributed by atoms with Gasteiger partial charge >= 0.3 is 0 Å². The van der Waals surface area contributed by atoms with Gasteiger partial charge in [0.15, 0.2) is 0 Å². The van der Waals surface area contributed by atoms with Crippen molar-refractivity contribution in [3.63, 3.8) is 0 Å². The van der Waals surface area contributed by atoms with Gasteiger partial charge in [0.2, 0.25) is 5.91 Å². The molecule has 0 saturated heterocycles. The summed E-state index contributed by atoms with van der Waals surface area (Å²) in [6, 6.07) is 2.19. The van der Waals surface area contributed by atoms with Crippen LogP contribution in [0.1, 0.15) is 44.9 Å². The van der Waals surface area contributed by atoms with Gasteiger partial charge in [-0.25, -0.2) is 0 Å². The Balaban J connectivity index is 1.86. The standard InChI is InChI=1S/C11H16N2O/c12-8-11(6-7-11)13-10(14)9-4-2-1-3-5-9/h9H,1-7H2,(H,13,14). The second-order valence-corrected chi connectivity index (χ2v) is 4.52.